The van der Waals surface area contributed by atoms with Crippen LogP contribution >= 0.6 is 0 Å². The van der Waals surface area contributed by atoms with Gasteiger partial charge < -0.3 is 15.1 Å². The van der Waals surface area contributed by atoms with E-state index in [1.54, 1.807) is 12.3 Å². The molecule has 1 aromatic carbocycles. The van der Waals surface area contributed by atoms with Crippen molar-refractivity contribution in [2.45, 2.75) is 38.5 Å². The van der Waals surface area contributed by atoms with Crippen molar-refractivity contribution in [1.29, 1.82) is 0 Å². The van der Waals surface area contributed by atoms with Gasteiger partial charge in [0.05, 0.1) is 6.26 Å². The number of furan rings is 1. The van der Waals surface area contributed by atoms with Gasteiger partial charge in [0, 0.05) is 46.5 Å². The number of aryl methyl sites for hydroxylation is 1. The van der Waals surface area contributed by atoms with Gasteiger partial charge in [0.25, 0.3) is 5.91 Å². The summed E-state index contributed by atoms with van der Waals surface area (Å²) in [7, 11) is 0. The lowest BCUT2D eigenvalue weighted by molar-refractivity contribution is -0.116. The van der Waals surface area contributed by atoms with Gasteiger partial charge in [-0.1, -0.05) is 36.4 Å². The second-order valence-electron chi connectivity index (χ2n) is 8.56. The van der Waals surface area contributed by atoms with Gasteiger partial charge in [0.15, 0.2) is 5.78 Å². The van der Waals surface area contributed by atoms with Crippen LogP contribution in [-0.4, -0.2) is 16.7 Å². The Bertz CT molecular complexity index is 1270. The van der Waals surface area contributed by atoms with E-state index in [1.165, 1.54) is 0 Å². The monoisotopic (exact) mass is 439 g/mol. The Labute approximate surface area is 192 Å². The lowest BCUT2D eigenvalue weighted by atomic mass is 9.72. The molecule has 2 atom stereocenters. The number of pyridine rings is 1. The molecule has 1 aliphatic heterocycles. The Hall–Kier alpha value is -3.93. The first-order valence-electron chi connectivity index (χ1n) is 11.1. The highest BCUT2D eigenvalue weighted by atomic mass is 16.3. The minimum absolute atomic E-state index is 0.0187. The summed E-state index contributed by atoms with van der Waals surface area (Å²) in [6.45, 7) is 3.77. The van der Waals surface area contributed by atoms with E-state index in [1.807, 2.05) is 68.4 Å². The number of carbonyl (C=O) groups is 2. The highest BCUT2D eigenvalue weighted by molar-refractivity contribution is 6.09. The van der Waals surface area contributed by atoms with Crippen molar-refractivity contribution >= 4 is 17.5 Å². The summed E-state index contributed by atoms with van der Waals surface area (Å²) in [5, 5.41) is 6.31. The molecule has 0 radical (unpaired) electrons. The minimum Gasteiger partial charge on any atom is -0.469 e. The van der Waals surface area contributed by atoms with Gasteiger partial charge in [-0.15, -0.1) is 0 Å². The summed E-state index contributed by atoms with van der Waals surface area (Å²) in [4.78, 5) is 31.4. The van der Waals surface area contributed by atoms with Crippen LogP contribution < -0.4 is 10.6 Å². The number of rotatable bonds is 4. The van der Waals surface area contributed by atoms with Gasteiger partial charge in [-0.3, -0.25) is 9.59 Å². The third-order valence-corrected chi connectivity index (χ3v) is 6.28. The SMILES string of the molecule is CC1=C(C(=O)Nc2cccc(C)n2)[C@@H](c2ccccc2)C2=C(C[C@@H](c3ccco3)CC2=O)N1. The molecule has 6 nitrogen and oxygen atoms in total. The first-order valence-corrected chi connectivity index (χ1v) is 11.1. The topological polar surface area (TPSA) is 84.2 Å². The summed E-state index contributed by atoms with van der Waals surface area (Å²) in [5.41, 5.74) is 4.53. The van der Waals surface area contributed by atoms with E-state index >= 15 is 0 Å². The summed E-state index contributed by atoms with van der Waals surface area (Å²) < 4.78 is 5.59. The molecule has 2 aliphatic rings. The number of Topliss-reactive ketones (excluding diaryl/α,β-unsaturated/α-hetero) is 1. The minimum atomic E-state index is -0.447. The maximum absolute atomic E-state index is 13.5. The summed E-state index contributed by atoms with van der Waals surface area (Å²) in [6, 6.07) is 19.0. The Morgan fingerprint density at radius 3 is 2.58 bits per heavy atom. The van der Waals surface area contributed by atoms with Crippen LogP contribution in [0.2, 0.25) is 0 Å². The van der Waals surface area contributed by atoms with Crippen molar-refractivity contribution in [2.75, 3.05) is 5.32 Å². The van der Waals surface area contributed by atoms with E-state index in [9.17, 15) is 9.59 Å². The van der Waals surface area contributed by atoms with Crippen LogP contribution in [0.25, 0.3) is 0 Å². The molecule has 2 N–H and O–H groups in total. The molecular formula is C27H25N3O3. The standard InChI is InChI=1S/C27H25N3O3/c1-16-8-6-12-23(28-16)30-27(32)24-17(2)29-20-14-19(22-11-7-13-33-22)15-21(31)26(20)25(24)18-9-4-3-5-10-18/h3-13,19,25,29H,14-15H2,1-2H3,(H,28,30,32)/t19-,25-/m1/s1. The van der Waals surface area contributed by atoms with Crippen molar-refractivity contribution in [1.82, 2.24) is 10.3 Å². The number of nitrogens with zero attached hydrogens (tertiary/aromatic N) is 1. The number of hydrogen-bond acceptors (Lipinski definition) is 5. The zero-order chi connectivity index (χ0) is 22.9. The lowest BCUT2D eigenvalue weighted by Crippen LogP contribution is -2.37. The van der Waals surface area contributed by atoms with Crippen molar-refractivity contribution < 1.29 is 14.0 Å². The number of benzene rings is 1. The predicted molar refractivity (Wildman–Crippen MR) is 125 cm³/mol. The summed E-state index contributed by atoms with van der Waals surface area (Å²) in [6.07, 6.45) is 2.64. The molecule has 0 saturated carbocycles. The highest BCUT2D eigenvalue weighted by Gasteiger charge is 2.41. The first kappa shape index (κ1) is 20.9. The Balaban J connectivity index is 1.55. The summed E-state index contributed by atoms with van der Waals surface area (Å²) >= 11 is 0. The van der Waals surface area contributed by atoms with Crippen molar-refractivity contribution in [3.63, 3.8) is 0 Å². The Morgan fingerprint density at radius 2 is 1.85 bits per heavy atom. The molecule has 0 saturated heterocycles. The number of anilines is 1. The van der Waals surface area contributed by atoms with Crippen molar-refractivity contribution in [2.24, 2.45) is 0 Å². The van der Waals surface area contributed by atoms with E-state index in [-0.39, 0.29) is 17.6 Å². The van der Waals surface area contributed by atoms with Gasteiger partial charge in [0.2, 0.25) is 0 Å². The summed E-state index contributed by atoms with van der Waals surface area (Å²) in [5.74, 6) is 0.598. The van der Waals surface area contributed by atoms with E-state index < -0.39 is 5.92 Å². The van der Waals surface area contributed by atoms with E-state index in [0.717, 1.165) is 28.4 Å². The quantitative estimate of drug-likeness (QED) is 0.599. The lowest BCUT2D eigenvalue weighted by Gasteiger charge is -2.36. The largest absolute Gasteiger partial charge is 0.469 e. The number of amides is 1. The molecule has 33 heavy (non-hydrogen) atoms. The molecule has 2 aromatic heterocycles. The predicted octanol–water partition coefficient (Wildman–Crippen LogP) is 4.98. The van der Waals surface area contributed by atoms with E-state index in [2.05, 4.69) is 15.6 Å². The first-order chi connectivity index (χ1) is 16.0. The maximum atomic E-state index is 13.5. The fraction of sp³-hybridized carbons (Fsp3) is 0.222. The maximum Gasteiger partial charge on any atom is 0.255 e. The fourth-order valence-corrected chi connectivity index (χ4v) is 4.84. The number of nitrogens with one attached hydrogen (secondary N) is 2. The number of aromatic nitrogens is 1. The van der Waals surface area contributed by atoms with Crippen LogP contribution in [0.4, 0.5) is 5.82 Å². The second kappa shape index (κ2) is 8.54. The van der Waals surface area contributed by atoms with Crippen molar-refractivity contribution in [3.8, 4) is 0 Å². The second-order valence-corrected chi connectivity index (χ2v) is 8.56. The molecule has 166 valence electrons. The number of ketones is 1. The van der Waals surface area contributed by atoms with Gasteiger partial charge in [-0.05, 0) is 50.1 Å². The molecule has 1 amide bonds. The number of carbonyl (C=O) groups excluding carboxylic acids is 2. The van der Waals surface area contributed by atoms with E-state index in [0.29, 0.717) is 29.8 Å². The smallest absolute Gasteiger partial charge is 0.255 e. The molecule has 1 aliphatic carbocycles. The molecule has 0 spiro atoms. The third kappa shape index (κ3) is 4.00. The number of allylic oxidation sites excluding steroid dienone is 3. The van der Waals surface area contributed by atoms with E-state index in [4.69, 9.17) is 4.42 Å². The van der Waals surface area contributed by atoms with Gasteiger partial charge in [-0.2, -0.15) is 0 Å². The van der Waals surface area contributed by atoms with Crippen molar-refractivity contribution in [3.05, 3.63) is 106 Å². The van der Waals surface area contributed by atoms with Gasteiger partial charge >= 0.3 is 0 Å². The van der Waals surface area contributed by atoms with Gasteiger partial charge in [-0.25, -0.2) is 4.98 Å². The third-order valence-electron chi connectivity index (χ3n) is 6.28. The molecule has 3 heterocycles. The zero-order valence-corrected chi connectivity index (χ0v) is 18.6. The number of dihydropyridines is 1. The van der Waals surface area contributed by atoms with Gasteiger partial charge in [0.1, 0.15) is 11.6 Å². The molecule has 3 aromatic rings. The van der Waals surface area contributed by atoms with Crippen LogP contribution in [-0.2, 0) is 9.59 Å². The normalized spacial score (nSPS) is 20.4. The molecule has 0 fully saturated rings. The zero-order valence-electron chi connectivity index (χ0n) is 18.6. The average molecular weight is 440 g/mol. The fourth-order valence-electron chi connectivity index (χ4n) is 4.84. The highest BCUT2D eigenvalue weighted by Crippen LogP contribution is 2.45. The molecular weight excluding hydrogens is 414 g/mol. The van der Waals surface area contributed by atoms with Crippen LogP contribution in [0.15, 0.2) is 93.9 Å². The number of hydrogen-bond donors (Lipinski definition) is 2. The average Bonchev–Trinajstić information content (AvgIpc) is 3.33. The van der Waals surface area contributed by atoms with Crippen LogP contribution in [0, 0.1) is 6.92 Å². The Morgan fingerprint density at radius 1 is 1.03 bits per heavy atom. The van der Waals surface area contributed by atoms with Crippen LogP contribution in [0.5, 0.6) is 0 Å². The molecule has 6 heteroatoms. The molecule has 5 rings (SSSR count). The van der Waals surface area contributed by atoms with Crippen LogP contribution in [0.1, 0.15) is 48.6 Å². The molecule has 0 bridgehead atoms. The van der Waals surface area contributed by atoms with Crippen LogP contribution in [0.3, 0.4) is 0 Å². The Kier molecular flexibility index (Phi) is 5.42. The molecule has 0 unspecified atom stereocenters.